The average molecular weight is 382 g/mol. The highest BCUT2D eigenvalue weighted by molar-refractivity contribution is 7.14. The van der Waals surface area contributed by atoms with Gasteiger partial charge in [-0.2, -0.15) is 0 Å². The third-order valence-electron chi connectivity index (χ3n) is 4.36. The first kappa shape index (κ1) is 17.4. The summed E-state index contributed by atoms with van der Waals surface area (Å²) in [6.07, 6.45) is 0.831. The summed E-state index contributed by atoms with van der Waals surface area (Å²) in [4.78, 5) is 17.0. The van der Waals surface area contributed by atoms with Crippen LogP contribution in [0.15, 0.2) is 41.8 Å². The van der Waals surface area contributed by atoms with Gasteiger partial charge >= 0.3 is 0 Å². The first-order chi connectivity index (χ1) is 13.2. The highest BCUT2D eigenvalue weighted by Crippen LogP contribution is 2.33. The van der Waals surface area contributed by atoms with E-state index in [0.717, 1.165) is 29.0 Å². The first-order valence-electron chi connectivity index (χ1n) is 8.43. The van der Waals surface area contributed by atoms with Gasteiger partial charge in [0.15, 0.2) is 16.6 Å². The van der Waals surface area contributed by atoms with Crippen LogP contribution in [0.4, 0.5) is 5.13 Å². The minimum absolute atomic E-state index is 0.182. The Bertz CT molecular complexity index is 999. The maximum atomic E-state index is 12.5. The summed E-state index contributed by atoms with van der Waals surface area (Å²) in [5.74, 6) is 1.97. The number of hydrogen-bond donors (Lipinski definition) is 1. The van der Waals surface area contributed by atoms with Gasteiger partial charge in [-0.05, 0) is 42.0 Å². The van der Waals surface area contributed by atoms with Crippen LogP contribution in [0.25, 0.3) is 11.3 Å². The molecule has 138 valence electrons. The van der Waals surface area contributed by atoms with Gasteiger partial charge in [-0.1, -0.05) is 0 Å². The largest absolute Gasteiger partial charge is 0.493 e. The summed E-state index contributed by atoms with van der Waals surface area (Å²) < 4.78 is 16.1. The van der Waals surface area contributed by atoms with E-state index in [1.807, 2.05) is 35.7 Å². The number of hydrogen-bond acceptors (Lipinski definition) is 6. The molecule has 3 aromatic rings. The number of benzene rings is 2. The molecule has 1 amide bonds. The number of nitrogens with one attached hydrogen (secondary N) is 1. The third kappa shape index (κ3) is 3.46. The number of ether oxygens (including phenoxy) is 3. The smallest absolute Gasteiger partial charge is 0.257 e. The molecule has 1 N–H and O–H groups in total. The first-order valence-corrected chi connectivity index (χ1v) is 9.31. The van der Waals surface area contributed by atoms with Crippen LogP contribution in [-0.4, -0.2) is 31.7 Å². The fourth-order valence-corrected chi connectivity index (χ4v) is 3.67. The maximum Gasteiger partial charge on any atom is 0.257 e. The van der Waals surface area contributed by atoms with E-state index in [0.29, 0.717) is 28.8 Å². The minimum Gasteiger partial charge on any atom is -0.493 e. The Morgan fingerprint density at radius 3 is 2.81 bits per heavy atom. The molecule has 7 heteroatoms. The van der Waals surface area contributed by atoms with Gasteiger partial charge in [-0.25, -0.2) is 4.98 Å². The molecule has 0 radical (unpaired) electrons. The van der Waals surface area contributed by atoms with Crippen molar-refractivity contribution in [1.82, 2.24) is 4.98 Å². The van der Waals surface area contributed by atoms with Crippen LogP contribution in [0, 0.1) is 0 Å². The molecule has 0 unspecified atom stereocenters. The summed E-state index contributed by atoms with van der Waals surface area (Å²) in [6.45, 7) is 0.668. The van der Waals surface area contributed by atoms with E-state index in [4.69, 9.17) is 14.2 Å². The zero-order valence-electron chi connectivity index (χ0n) is 14.9. The third-order valence-corrected chi connectivity index (χ3v) is 5.11. The van der Waals surface area contributed by atoms with Crippen molar-refractivity contribution in [3.05, 3.63) is 52.9 Å². The van der Waals surface area contributed by atoms with Crippen LogP contribution in [-0.2, 0) is 6.42 Å². The van der Waals surface area contributed by atoms with Crippen molar-refractivity contribution in [1.29, 1.82) is 0 Å². The van der Waals surface area contributed by atoms with Gasteiger partial charge in [0.25, 0.3) is 5.91 Å². The van der Waals surface area contributed by atoms with Gasteiger partial charge in [0.1, 0.15) is 5.75 Å². The summed E-state index contributed by atoms with van der Waals surface area (Å²) in [5.41, 5.74) is 3.31. The molecule has 0 bridgehead atoms. The standard InChI is InChI=1S/C20H18N2O4S/c1-24-17-6-3-12(10-18(17)25-2)15-11-27-20(21-15)22-19(23)14-4-5-16-13(9-14)7-8-26-16/h3-6,9-11H,7-8H2,1-2H3,(H,21,22,23). The number of aromatic nitrogens is 1. The van der Waals surface area contributed by atoms with Gasteiger partial charge in [0, 0.05) is 22.9 Å². The number of carbonyl (C=O) groups is 1. The van der Waals surface area contributed by atoms with E-state index in [-0.39, 0.29) is 5.91 Å². The lowest BCUT2D eigenvalue weighted by atomic mass is 10.1. The average Bonchev–Trinajstić information content (AvgIpc) is 3.36. The molecule has 0 atom stereocenters. The predicted octanol–water partition coefficient (Wildman–Crippen LogP) is 4.01. The predicted molar refractivity (Wildman–Crippen MR) is 104 cm³/mol. The SMILES string of the molecule is COc1ccc(-c2csc(NC(=O)c3ccc4c(c3)CCO4)n2)cc1OC. The van der Waals surface area contributed by atoms with Crippen LogP contribution >= 0.6 is 11.3 Å². The monoisotopic (exact) mass is 382 g/mol. The normalized spacial score (nSPS) is 12.2. The fraction of sp³-hybridized carbons (Fsp3) is 0.200. The summed E-state index contributed by atoms with van der Waals surface area (Å²) in [5, 5.41) is 5.30. The van der Waals surface area contributed by atoms with E-state index in [9.17, 15) is 4.79 Å². The molecular formula is C20H18N2O4S. The van der Waals surface area contributed by atoms with Gasteiger partial charge in [-0.15, -0.1) is 11.3 Å². The van der Waals surface area contributed by atoms with E-state index < -0.39 is 0 Å². The number of fused-ring (bicyclic) bond motifs is 1. The lowest BCUT2D eigenvalue weighted by Crippen LogP contribution is -2.11. The maximum absolute atomic E-state index is 12.5. The molecule has 0 fully saturated rings. The Morgan fingerprint density at radius 1 is 1.15 bits per heavy atom. The minimum atomic E-state index is -0.182. The van der Waals surface area contributed by atoms with Crippen molar-refractivity contribution in [2.45, 2.75) is 6.42 Å². The number of thiazole rings is 1. The number of methoxy groups -OCH3 is 2. The summed E-state index contributed by atoms with van der Waals surface area (Å²) in [6, 6.07) is 11.1. The molecule has 2 heterocycles. The lowest BCUT2D eigenvalue weighted by Gasteiger charge is -2.08. The molecule has 1 aromatic heterocycles. The Morgan fingerprint density at radius 2 is 2.00 bits per heavy atom. The van der Waals surface area contributed by atoms with Crippen LogP contribution in [0.2, 0.25) is 0 Å². The Kier molecular flexibility index (Phi) is 4.68. The summed E-state index contributed by atoms with van der Waals surface area (Å²) in [7, 11) is 3.19. The molecule has 0 saturated heterocycles. The number of amides is 1. The number of rotatable bonds is 5. The highest BCUT2D eigenvalue weighted by Gasteiger charge is 2.16. The zero-order chi connectivity index (χ0) is 18.8. The Hall–Kier alpha value is -3.06. The van der Waals surface area contributed by atoms with E-state index in [1.165, 1.54) is 11.3 Å². The van der Waals surface area contributed by atoms with E-state index >= 15 is 0 Å². The lowest BCUT2D eigenvalue weighted by molar-refractivity contribution is 0.102. The van der Waals surface area contributed by atoms with Crippen LogP contribution < -0.4 is 19.5 Å². The van der Waals surface area contributed by atoms with Crippen LogP contribution in [0.5, 0.6) is 17.2 Å². The topological polar surface area (TPSA) is 69.7 Å². The second-order valence-corrected chi connectivity index (χ2v) is 6.84. The van der Waals surface area contributed by atoms with Gasteiger partial charge in [-0.3, -0.25) is 10.1 Å². The number of nitrogens with zero attached hydrogens (tertiary/aromatic N) is 1. The summed E-state index contributed by atoms with van der Waals surface area (Å²) >= 11 is 1.38. The van der Waals surface area contributed by atoms with Gasteiger partial charge in [0.2, 0.25) is 0 Å². The van der Waals surface area contributed by atoms with Gasteiger partial charge in [0.05, 0.1) is 26.5 Å². The Balaban J connectivity index is 1.52. The zero-order valence-corrected chi connectivity index (χ0v) is 15.8. The molecule has 1 aliphatic rings. The van der Waals surface area contributed by atoms with E-state index in [2.05, 4.69) is 10.3 Å². The molecule has 4 rings (SSSR count). The van der Waals surface area contributed by atoms with Crippen LogP contribution in [0.1, 0.15) is 15.9 Å². The quantitative estimate of drug-likeness (QED) is 0.722. The van der Waals surface area contributed by atoms with Crippen molar-refractivity contribution in [3.8, 4) is 28.5 Å². The molecule has 1 aliphatic heterocycles. The number of anilines is 1. The van der Waals surface area contributed by atoms with Crippen molar-refractivity contribution in [3.63, 3.8) is 0 Å². The van der Waals surface area contributed by atoms with Gasteiger partial charge < -0.3 is 14.2 Å². The second-order valence-electron chi connectivity index (χ2n) is 5.98. The van der Waals surface area contributed by atoms with Crippen molar-refractivity contribution >= 4 is 22.4 Å². The molecule has 27 heavy (non-hydrogen) atoms. The van der Waals surface area contributed by atoms with Crippen molar-refractivity contribution < 1.29 is 19.0 Å². The van der Waals surface area contributed by atoms with Crippen molar-refractivity contribution in [2.75, 3.05) is 26.1 Å². The molecular weight excluding hydrogens is 364 g/mol. The van der Waals surface area contributed by atoms with Crippen molar-refractivity contribution in [2.24, 2.45) is 0 Å². The molecule has 0 spiro atoms. The molecule has 0 aliphatic carbocycles. The molecule has 6 nitrogen and oxygen atoms in total. The number of carbonyl (C=O) groups excluding carboxylic acids is 1. The second kappa shape index (κ2) is 7.28. The Labute approximate surface area is 160 Å². The fourth-order valence-electron chi connectivity index (χ4n) is 2.96. The van der Waals surface area contributed by atoms with E-state index in [1.54, 1.807) is 20.3 Å². The molecule has 2 aromatic carbocycles. The molecule has 0 saturated carbocycles. The van der Waals surface area contributed by atoms with Crippen LogP contribution in [0.3, 0.4) is 0 Å². The highest BCUT2D eigenvalue weighted by atomic mass is 32.1.